The van der Waals surface area contributed by atoms with Crippen molar-refractivity contribution in [2.75, 3.05) is 34.4 Å². The molecule has 1 aliphatic rings. The lowest BCUT2D eigenvalue weighted by molar-refractivity contribution is -0.126. The van der Waals surface area contributed by atoms with Gasteiger partial charge in [-0.2, -0.15) is 5.10 Å². The first-order valence-electron chi connectivity index (χ1n) is 10.0. The van der Waals surface area contributed by atoms with Crippen LogP contribution >= 0.6 is 0 Å². The SMILES string of the molecule is COc1cccc(C(=O)N2CCC(C(=O)N/N=C\c3cc(OC)ccc3OC)CC2)c1. The summed E-state index contributed by atoms with van der Waals surface area (Å²) in [5.41, 5.74) is 3.87. The number of rotatable bonds is 7. The van der Waals surface area contributed by atoms with E-state index in [1.165, 1.54) is 6.21 Å². The highest BCUT2D eigenvalue weighted by Gasteiger charge is 2.27. The molecule has 31 heavy (non-hydrogen) atoms. The molecule has 0 aromatic heterocycles. The number of methoxy groups -OCH3 is 3. The summed E-state index contributed by atoms with van der Waals surface area (Å²) in [7, 11) is 4.72. The van der Waals surface area contributed by atoms with E-state index < -0.39 is 0 Å². The number of nitrogens with zero attached hydrogens (tertiary/aromatic N) is 2. The maximum absolute atomic E-state index is 12.7. The molecule has 1 saturated heterocycles. The van der Waals surface area contributed by atoms with Crippen LogP contribution in [0.5, 0.6) is 17.2 Å². The molecule has 0 aliphatic carbocycles. The summed E-state index contributed by atoms with van der Waals surface area (Å²) in [6.45, 7) is 1.03. The van der Waals surface area contributed by atoms with Crippen molar-refractivity contribution in [1.29, 1.82) is 0 Å². The minimum absolute atomic E-state index is 0.0547. The second kappa shape index (κ2) is 10.5. The van der Waals surface area contributed by atoms with Crippen molar-refractivity contribution in [3.8, 4) is 17.2 Å². The van der Waals surface area contributed by atoms with Crippen LogP contribution < -0.4 is 19.6 Å². The lowest BCUT2D eigenvalue weighted by Crippen LogP contribution is -2.42. The molecule has 164 valence electrons. The first-order chi connectivity index (χ1) is 15.0. The van der Waals surface area contributed by atoms with E-state index in [1.54, 1.807) is 68.7 Å². The highest BCUT2D eigenvalue weighted by Crippen LogP contribution is 2.23. The average Bonchev–Trinajstić information content (AvgIpc) is 2.83. The van der Waals surface area contributed by atoms with Crippen LogP contribution in [0.2, 0.25) is 0 Å². The van der Waals surface area contributed by atoms with Gasteiger partial charge in [0.25, 0.3) is 5.91 Å². The van der Waals surface area contributed by atoms with Crippen molar-refractivity contribution in [1.82, 2.24) is 10.3 Å². The van der Waals surface area contributed by atoms with Gasteiger partial charge in [-0.25, -0.2) is 5.43 Å². The van der Waals surface area contributed by atoms with Gasteiger partial charge in [-0.1, -0.05) is 6.07 Å². The van der Waals surface area contributed by atoms with Crippen molar-refractivity contribution < 1.29 is 23.8 Å². The zero-order valence-electron chi connectivity index (χ0n) is 18.0. The Morgan fingerprint density at radius 2 is 1.71 bits per heavy atom. The molecule has 0 atom stereocenters. The number of hydrogen-bond acceptors (Lipinski definition) is 6. The predicted molar refractivity (Wildman–Crippen MR) is 117 cm³/mol. The van der Waals surface area contributed by atoms with Gasteiger partial charge >= 0.3 is 0 Å². The molecule has 0 saturated carbocycles. The van der Waals surface area contributed by atoms with Crippen LogP contribution in [0.25, 0.3) is 0 Å². The molecule has 1 N–H and O–H groups in total. The molecule has 0 radical (unpaired) electrons. The third kappa shape index (κ3) is 5.53. The molecule has 1 heterocycles. The normalized spacial score (nSPS) is 14.4. The van der Waals surface area contributed by atoms with Crippen LogP contribution in [-0.2, 0) is 4.79 Å². The Labute approximate surface area is 181 Å². The number of likely N-dealkylation sites (tertiary alicyclic amines) is 1. The Balaban J connectivity index is 1.53. The van der Waals surface area contributed by atoms with Gasteiger partial charge in [0.2, 0.25) is 5.91 Å². The summed E-state index contributed by atoms with van der Waals surface area (Å²) >= 11 is 0. The number of amides is 2. The summed E-state index contributed by atoms with van der Waals surface area (Å²) in [5.74, 6) is 1.53. The fraction of sp³-hybridized carbons (Fsp3) is 0.348. The van der Waals surface area contributed by atoms with Gasteiger partial charge in [0, 0.05) is 30.1 Å². The standard InChI is InChI=1S/C23H27N3O5/c1-29-19-6-4-5-17(13-19)23(28)26-11-9-16(10-12-26)22(27)25-24-15-18-14-20(30-2)7-8-21(18)31-3/h4-8,13-16H,9-12H2,1-3H3,(H,25,27)/b24-15-. The molecule has 2 amide bonds. The fourth-order valence-corrected chi connectivity index (χ4v) is 3.48. The first-order valence-corrected chi connectivity index (χ1v) is 10.0. The maximum atomic E-state index is 12.7. The lowest BCUT2D eigenvalue weighted by Gasteiger charge is -2.31. The summed E-state index contributed by atoms with van der Waals surface area (Å²) in [4.78, 5) is 27.0. The lowest BCUT2D eigenvalue weighted by atomic mass is 9.95. The number of piperidine rings is 1. The van der Waals surface area contributed by atoms with Crippen molar-refractivity contribution in [2.45, 2.75) is 12.8 Å². The maximum Gasteiger partial charge on any atom is 0.253 e. The highest BCUT2D eigenvalue weighted by molar-refractivity contribution is 5.95. The summed E-state index contributed by atoms with van der Waals surface area (Å²) < 4.78 is 15.7. The van der Waals surface area contributed by atoms with Gasteiger partial charge in [-0.05, 0) is 49.2 Å². The minimum atomic E-state index is -0.196. The van der Waals surface area contributed by atoms with E-state index in [1.807, 2.05) is 0 Å². The predicted octanol–water partition coefficient (Wildman–Crippen LogP) is 2.71. The van der Waals surface area contributed by atoms with E-state index in [-0.39, 0.29) is 17.7 Å². The topological polar surface area (TPSA) is 89.5 Å². The van der Waals surface area contributed by atoms with E-state index in [0.29, 0.717) is 54.3 Å². The van der Waals surface area contributed by atoms with Gasteiger partial charge in [-0.3, -0.25) is 9.59 Å². The Hall–Kier alpha value is -3.55. The third-order valence-corrected chi connectivity index (χ3v) is 5.28. The molecule has 2 aromatic rings. The van der Waals surface area contributed by atoms with Crippen LogP contribution in [0.4, 0.5) is 0 Å². The van der Waals surface area contributed by atoms with E-state index in [0.717, 1.165) is 0 Å². The largest absolute Gasteiger partial charge is 0.497 e. The number of hydrazone groups is 1. The molecule has 8 nitrogen and oxygen atoms in total. The molecule has 3 rings (SSSR count). The summed E-state index contributed by atoms with van der Waals surface area (Å²) in [6.07, 6.45) is 2.69. The van der Waals surface area contributed by atoms with E-state index in [2.05, 4.69) is 10.5 Å². The number of nitrogens with one attached hydrogen (secondary N) is 1. The van der Waals surface area contributed by atoms with Crippen LogP contribution in [-0.4, -0.2) is 57.3 Å². The molecule has 1 fully saturated rings. The molecule has 8 heteroatoms. The van der Waals surface area contributed by atoms with E-state index >= 15 is 0 Å². The Bertz CT molecular complexity index is 952. The highest BCUT2D eigenvalue weighted by atomic mass is 16.5. The molecule has 0 unspecified atom stereocenters. The smallest absolute Gasteiger partial charge is 0.253 e. The Morgan fingerprint density at radius 3 is 2.39 bits per heavy atom. The first kappa shape index (κ1) is 22.1. The molecule has 0 spiro atoms. The average molecular weight is 425 g/mol. The number of benzene rings is 2. The van der Waals surface area contributed by atoms with Crippen LogP contribution in [0.3, 0.4) is 0 Å². The number of carbonyl (C=O) groups is 2. The minimum Gasteiger partial charge on any atom is -0.497 e. The molecule has 1 aliphatic heterocycles. The number of ether oxygens (including phenoxy) is 3. The van der Waals surface area contributed by atoms with Crippen LogP contribution in [0.1, 0.15) is 28.8 Å². The van der Waals surface area contributed by atoms with Crippen LogP contribution in [0.15, 0.2) is 47.6 Å². The van der Waals surface area contributed by atoms with Crippen LogP contribution in [0, 0.1) is 5.92 Å². The fourth-order valence-electron chi connectivity index (χ4n) is 3.48. The molecular weight excluding hydrogens is 398 g/mol. The van der Waals surface area contributed by atoms with E-state index in [9.17, 15) is 9.59 Å². The Kier molecular flexibility index (Phi) is 7.48. The van der Waals surface area contributed by atoms with Gasteiger partial charge in [0.1, 0.15) is 17.2 Å². The molecular formula is C23H27N3O5. The van der Waals surface area contributed by atoms with Crippen molar-refractivity contribution in [3.05, 3.63) is 53.6 Å². The van der Waals surface area contributed by atoms with E-state index in [4.69, 9.17) is 14.2 Å². The zero-order chi connectivity index (χ0) is 22.2. The zero-order valence-corrected chi connectivity index (χ0v) is 18.0. The summed E-state index contributed by atoms with van der Waals surface area (Å²) in [6, 6.07) is 12.4. The number of hydrogen-bond donors (Lipinski definition) is 1. The van der Waals surface area contributed by atoms with Gasteiger partial charge in [0.15, 0.2) is 0 Å². The third-order valence-electron chi connectivity index (χ3n) is 5.28. The van der Waals surface area contributed by atoms with Gasteiger partial charge < -0.3 is 19.1 Å². The molecule has 2 aromatic carbocycles. The quantitative estimate of drug-likeness (QED) is 0.544. The van der Waals surface area contributed by atoms with Gasteiger partial charge in [0.05, 0.1) is 27.5 Å². The second-order valence-electron chi connectivity index (χ2n) is 7.14. The monoisotopic (exact) mass is 425 g/mol. The Morgan fingerprint density at radius 1 is 1.00 bits per heavy atom. The van der Waals surface area contributed by atoms with Crippen molar-refractivity contribution in [3.63, 3.8) is 0 Å². The van der Waals surface area contributed by atoms with Gasteiger partial charge in [-0.15, -0.1) is 0 Å². The summed E-state index contributed by atoms with van der Waals surface area (Å²) in [5, 5.41) is 4.07. The molecule has 0 bridgehead atoms. The van der Waals surface area contributed by atoms with Crippen molar-refractivity contribution in [2.24, 2.45) is 11.0 Å². The second-order valence-corrected chi connectivity index (χ2v) is 7.14. The number of carbonyl (C=O) groups excluding carboxylic acids is 2. The van der Waals surface area contributed by atoms with Crippen molar-refractivity contribution >= 4 is 18.0 Å².